The number of rotatable bonds is 2. The summed E-state index contributed by atoms with van der Waals surface area (Å²) < 4.78 is 6.03. The Morgan fingerprint density at radius 3 is 3.00 bits per heavy atom. The Kier molecular flexibility index (Phi) is 4.18. The van der Waals surface area contributed by atoms with Gasteiger partial charge in [-0.1, -0.05) is 23.4 Å². The Bertz CT molecular complexity index is 908. The zero-order valence-electron chi connectivity index (χ0n) is 14.0. The highest BCUT2D eigenvalue weighted by atomic mass is 35.5. The fraction of sp³-hybridized carbons (Fsp3) is 0.200. The third-order valence-corrected chi connectivity index (χ3v) is 5.78. The van der Waals surface area contributed by atoms with Crippen LogP contribution in [0.25, 0.3) is 0 Å². The zero-order chi connectivity index (χ0) is 17.6. The van der Waals surface area contributed by atoms with E-state index in [-0.39, 0.29) is 5.76 Å². The summed E-state index contributed by atoms with van der Waals surface area (Å²) in [6.07, 6.45) is 8.29. The van der Waals surface area contributed by atoms with Crippen molar-refractivity contribution in [1.29, 1.82) is 0 Å². The fourth-order valence-electron chi connectivity index (χ4n) is 3.19. The van der Waals surface area contributed by atoms with E-state index in [2.05, 4.69) is 37.0 Å². The van der Waals surface area contributed by atoms with E-state index in [9.17, 15) is 5.11 Å². The summed E-state index contributed by atoms with van der Waals surface area (Å²) in [5, 5.41) is 11.6. The van der Waals surface area contributed by atoms with Crippen LogP contribution >= 0.6 is 23.4 Å². The number of anilines is 1. The molecule has 128 valence electrons. The molecular weight excluding hydrogens is 354 g/mol. The summed E-state index contributed by atoms with van der Waals surface area (Å²) in [7, 11) is 0. The van der Waals surface area contributed by atoms with Crippen LogP contribution in [-0.4, -0.2) is 11.7 Å². The first-order chi connectivity index (χ1) is 12.0. The molecule has 1 aromatic rings. The molecule has 5 heteroatoms. The molecule has 0 radical (unpaired) electrons. The van der Waals surface area contributed by atoms with Crippen LogP contribution in [0.1, 0.15) is 20.3 Å². The minimum absolute atomic E-state index is 0.257. The highest BCUT2D eigenvalue weighted by Gasteiger charge is 2.26. The number of allylic oxidation sites excluding steroid dienone is 6. The highest BCUT2D eigenvalue weighted by molar-refractivity contribution is 8.03. The lowest BCUT2D eigenvalue weighted by Crippen LogP contribution is -2.17. The van der Waals surface area contributed by atoms with Gasteiger partial charge in [0.25, 0.3) is 0 Å². The molecule has 1 aromatic carbocycles. The number of ether oxygens (including phenoxy) is 1. The second kappa shape index (κ2) is 6.36. The first-order valence-electron chi connectivity index (χ1n) is 8.22. The van der Waals surface area contributed by atoms with Crippen LogP contribution in [-0.2, 0) is 4.74 Å². The number of nitrogens with zero attached hydrogens (tertiary/aromatic N) is 1. The van der Waals surface area contributed by atoms with Crippen LogP contribution in [0.4, 0.5) is 5.69 Å². The second-order valence-corrected chi connectivity index (χ2v) is 7.59. The zero-order valence-corrected chi connectivity index (χ0v) is 15.6. The molecule has 3 aliphatic rings. The number of benzene rings is 1. The predicted molar refractivity (Wildman–Crippen MR) is 104 cm³/mol. The maximum atomic E-state index is 9.75. The molecule has 0 aromatic heterocycles. The minimum Gasteiger partial charge on any atom is -0.508 e. The first kappa shape index (κ1) is 16.4. The summed E-state index contributed by atoms with van der Waals surface area (Å²) in [6.45, 7) is 5.05. The molecule has 0 saturated carbocycles. The van der Waals surface area contributed by atoms with Gasteiger partial charge in [-0.2, -0.15) is 0 Å². The third kappa shape index (κ3) is 3.00. The lowest BCUT2D eigenvalue weighted by Gasteiger charge is -2.24. The molecule has 2 aliphatic heterocycles. The number of hydrogen-bond donors (Lipinski definition) is 1. The van der Waals surface area contributed by atoms with Crippen LogP contribution in [0.15, 0.2) is 80.9 Å². The van der Waals surface area contributed by atoms with Crippen LogP contribution < -0.4 is 4.90 Å². The van der Waals surface area contributed by atoms with Crippen molar-refractivity contribution in [3.63, 3.8) is 0 Å². The first-order valence-corrected chi connectivity index (χ1v) is 9.41. The van der Waals surface area contributed by atoms with Crippen molar-refractivity contribution < 1.29 is 9.84 Å². The minimum atomic E-state index is 0.257. The summed E-state index contributed by atoms with van der Waals surface area (Å²) in [5.41, 5.74) is 3.43. The molecule has 4 rings (SSSR count). The van der Waals surface area contributed by atoms with Crippen molar-refractivity contribution in [1.82, 2.24) is 0 Å². The Morgan fingerprint density at radius 1 is 1.36 bits per heavy atom. The predicted octanol–water partition coefficient (Wildman–Crippen LogP) is 6.07. The van der Waals surface area contributed by atoms with Gasteiger partial charge in [0.05, 0.1) is 10.7 Å². The molecule has 0 unspecified atom stereocenters. The largest absolute Gasteiger partial charge is 0.508 e. The monoisotopic (exact) mass is 371 g/mol. The molecule has 2 heterocycles. The van der Waals surface area contributed by atoms with E-state index in [1.54, 1.807) is 23.9 Å². The fourth-order valence-corrected chi connectivity index (χ4v) is 4.51. The smallest absolute Gasteiger partial charge is 0.134 e. The number of halogens is 1. The van der Waals surface area contributed by atoms with Crippen molar-refractivity contribution in [3.8, 4) is 0 Å². The van der Waals surface area contributed by atoms with Crippen LogP contribution in [0.3, 0.4) is 0 Å². The van der Waals surface area contributed by atoms with E-state index >= 15 is 0 Å². The van der Waals surface area contributed by atoms with Gasteiger partial charge in [0, 0.05) is 34.2 Å². The summed E-state index contributed by atoms with van der Waals surface area (Å²) >= 11 is 7.87. The third-order valence-electron chi connectivity index (χ3n) is 4.43. The number of thioether (sulfide) groups is 1. The molecule has 1 aliphatic carbocycles. The van der Waals surface area contributed by atoms with Crippen LogP contribution in [0.5, 0.6) is 0 Å². The average molecular weight is 372 g/mol. The van der Waals surface area contributed by atoms with E-state index in [1.165, 1.54) is 10.5 Å². The molecule has 25 heavy (non-hydrogen) atoms. The molecule has 0 saturated heterocycles. The molecular formula is C20H18ClNO2S. The Hall–Kier alpha value is -2.04. The molecule has 0 amide bonds. The lowest BCUT2D eigenvalue weighted by molar-refractivity contribution is 0.313. The van der Waals surface area contributed by atoms with Gasteiger partial charge in [-0.25, -0.2) is 0 Å². The van der Waals surface area contributed by atoms with Gasteiger partial charge in [0.15, 0.2) is 0 Å². The molecule has 1 N–H and O–H groups in total. The van der Waals surface area contributed by atoms with Gasteiger partial charge in [-0.05, 0) is 56.2 Å². The van der Waals surface area contributed by atoms with Gasteiger partial charge in [0.2, 0.25) is 0 Å². The SMILES string of the molecule is CCN1C(=CC2=CC(C)=C3CC=C(O)C=C3O2)Sc2ccc(Cl)cc21. The number of fused-ring (bicyclic) bond motifs is 2. The van der Waals surface area contributed by atoms with E-state index in [4.69, 9.17) is 16.3 Å². The van der Waals surface area contributed by atoms with Gasteiger partial charge in [-0.3, -0.25) is 0 Å². The normalized spacial score (nSPS) is 20.7. The van der Waals surface area contributed by atoms with Gasteiger partial charge >= 0.3 is 0 Å². The van der Waals surface area contributed by atoms with Crippen molar-refractivity contribution in [2.75, 3.05) is 11.4 Å². The Balaban J connectivity index is 1.68. The van der Waals surface area contributed by atoms with Crippen LogP contribution in [0.2, 0.25) is 5.02 Å². The molecule has 0 spiro atoms. The van der Waals surface area contributed by atoms with Crippen LogP contribution in [0, 0.1) is 0 Å². The van der Waals surface area contributed by atoms with Crippen molar-refractivity contribution in [2.24, 2.45) is 0 Å². The van der Waals surface area contributed by atoms with Gasteiger partial charge in [-0.15, -0.1) is 0 Å². The maximum absolute atomic E-state index is 9.75. The number of aliphatic hydroxyl groups excluding tert-OH is 1. The molecule has 3 nitrogen and oxygen atoms in total. The second-order valence-electron chi connectivity index (χ2n) is 6.09. The average Bonchev–Trinajstić information content (AvgIpc) is 2.90. The number of aliphatic hydroxyl groups is 1. The van der Waals surface area contributed by atoms with Gasteiger partial charge < -0.3 is 14.7 Å². The quantitative estimate of drug-likeness (QED) is 0.683. The van der Waals surface area contributed by atoms with Crippen molar-refractivity contribution in [2.45, 2.75) is 25.2 Å². The summed E-state index contributed by atoms with van der Waals surface area (Å²) in [5.74, 6) is 1.77. The Labute approximate surface area is 156 Å². The van der Waals surface area contributed by atoms with Crippen molar-refractivity contribution >= 4 is 29.1 Å². The highest BCUT2D eigenvalue weighted by Crippen LogP contribution is 2.47. The standard InChI is InChI=1S/C20H18ClNO2S/c1-3-22-17-9-13(21)4-7-19(17)25-20(22)11-15-8-12(2)16-6-5-14(23)10-18(16)24-15/h4-5,7-11,23H,3,6H2,1-2H3. The lowest BCUT2D eigenvalue weighted by atomic mass is 9.97. The maximum Gasteiger partial charge on any atom is 0.134 e. The summed E-state index contributed by atoms with van der Waals surface area (Å²) in [6, 6.07) is 5.97. The van der Waals surface area contributed by atoms with Gasteiger partial charge in [0.1, 0.15) is 17.3 Å². The molecule has 0 atom stereocenters. The van der Waals surface area contributed by atoms with Crippen molar-refractivity contribution in [3.05, 3.63) is 81.0 Å². The van der Waals surface area contributed by atoms with E-state index < -0.39 is 0 Å². The Morgan fingerprint density at radius 2 is 2.20 bits per heavy atom. The molecule has 0 fully saturated rings. The topological polar surface area (TPSA) is 32.7 Å². The van der Waals surface area contributed by atoms with E-state index in [0.717, 1.165) is 39.4 Å². The summed E-state index contributed by atoms with van der Waals surface area (Å²) in [4.78, 5) is 3.43. The molecule has 0 bridgehead atoms. The number of hydrogen-bond acceptors (Lipinski definition) is 4. The van der Waals surface area contributed by atoms with E-state index in [0.29, 0.717) is 6.42 Å². The van der Waals surface area contributed by atoms with E-state index in [1.807, 2.05) is 12.1 Å².